The highest BCUT2D eigenvalue weighted by Crippen LogP contribution is 2.18. The predicted molar refractivity (Wildman–Crippen MR) is 107 cm³/mol. The van der Waals surface area contributed by atoms with E-state index in [9.17, 15) is 4.79 Å². The third kappa shape index (κ3) is 5.08. The molecule has 0 atom stereocenters. The zero-order valence-corrected chi connectivity index (χ0v) is 16.0. The number of aliphatic imine (C=N–C) groups is 1. The van der Waals surface area contributed by atoms with Gasteiger partial charge in [0.1, 0.15) is 0 Å². The van der Waals surface area contributed by atoms with Crippen LogP contribution in [0, 0.1) is 0 Å². The lowest BCUT2D eigenvalue weighted by molar-refractivity contribution is -0.128. The summed E-state index contributed by atoms with van der Waals surface area (Å²) in [6, 6.07) is 12.4. The number of nitrogens with zero attached hydrogens (tertiary/aromatic N) is 2. The van der Waals surface area contributed by atoms with Crippen molar-refractivity contribution in [3.8, 4) is 0 Å². The summed E-state index contributed by atoms with van der Waals surface area (Å²) in [5.41, 5.74) is 2.35. The van der Waals surface area contributed by atoms with E-state index in [2.05, 4.69) is 47.2 Å². The van der Waals surface area contributed by atoms with Crippen molar-refractivity contribution in [1.29, 1.82) is 0 Å². The Kier molecular flexibility index (Phi) is 6.66. The fraction of sp³-hybridized carbons (Fsp3) is 0.400. The second-order valence-electron chi connectivity index (χ2n) is 6.32. The monoisotopic (exact) mass is 370 g/mol. The number of amides is 1. The van der Waals surface area contributed by atoms with Crippen LogP contribution in [0.4, 0.5) is 0 Å². The SMILES string of the molecule is CCNC(=NCc1ccccc1CN1CCCC1=O)NCc1cccs1. The number of rotatable bonds is 7. The number of hydrogen-bond acceptors (Lipinski definition) is 3. The molecule has 0 radical (unpaired) electrons. The molecule has 0 spiro atoms. The Morgan fingerprint density at radius 2 is 2.04 bits per heavy atom. The predicted octanol–water partition coefficient (Wildman–Crippen LogP) is 3.13. The van der Waals surface area contributed by atoms with Gasteiger partial charge in [0.05, 0.1) is 13.1 Å². The summed E-state index contributed by atoms with van der Waals surface area (Å²) >= 11 is 1.74. The first-order chi connectivity index (χ1) is 12.8. The topological polar surface area (TPSA) is 56.7 Å². The Labute approximate surface area is 159 Å². The smallest absolute Gasteiger partial charge is 0.222 e. The maximum atomic E-state index is 11.9. The standard InChI is InChI=1S/C20H26N4OS/c1-2-21-20(23-14-18-9-6-12-26-18)22-13-16-7-3-4-8-17(16)15-24-11-5-10-19(24)25/h3-4,6-9,12H,2,5,10-11,13-15H2,1H3,(H2,21,22,23). The van der Waals surface area contributed by atoms with E-state index >= 15 is 0 Å². The van der Waals surface area contributed by atoms with Gasteiger partial charge in [0.15, 0.2) is 5.96 Å². The van der Waals surface area contributed by atoms with E-state index in [1.807, 2.05) is 17.0 Å². The third-order valence-electron chi connectivity index (χ3n) is 4.41. The molecule has 0 unspecified atom stereocenters. The average molecular weight is 371 g/mol. The molecule has 1 aromatic carbocycles. The molecule has 1 aliphatic rings. The molecule has 2 heterocycles. The molecule has 3 rings (SSSR count). The van der Waals surface area contributed by atoms with Gasteiger partial charge in [-0.2, -0.15) is 0 Å². The zero-order valence-electron chi connectivity index (χ0n) is 15.2. The van der Waals surface area contributed by atoms with Crippen molar-refractivity contribution in [2.24, 2.45) is 4.99 Å². The molecule has 5 nitrogen and oxygen atoms in total. The van der Waals surface area contributed by atoms with Gasteiger partial charge in [0.25, 0.3) is 0 Å². The highest BCUT2D eigenvalue weighted by atomic mass is 32.1. The van der Waals surface area contributed by atoms with E-state index in [1.54, 1.807) is 11.3 Å². The maximum absolute atomic E-state index is 11.9. The molecule has 2 aromatic rings. The fourth-order valence-electron chi connectivity index (χ4n) is 3.03. The first-order valence-corrected chi connectivity index (χ1v) is 10.0. The van der Waals surface area contributed by atoms with E-state index in [4.69, 9.17) is 4.99 Å². The number of benzene rings is 1. The highest BCUT2D eigenvalue weighted by molar-refractivity contribution is 7.09. The van der Waals surface area contributed by atoms with Crippen LogP contribution < -0.4 is 10.6 Å². The van der Waals surface area contributed by atoms with Crippen LogP contribution in [0.3, 0.4) is 0 Å². The van der Waals surface area contributed by atoms with E-state index in [0.717, 1.165) is 32.0 Å². The molecular formula is C20H26N4OS. The van der Waals surface area contributed by atoms with Crippen molar-refractivity contribution >= 4 is 23.2 Å². The quantitative estimate of drug-likeness (QED) is 0.582. The number of likely N-dealkylation sites (tertiary alicyclic amines) is 1. The van der Waals surface area contributed by atoms with Gasteiger partial charge in [-0.05, 0) is 35.9 Å². The van der Waals surface area contributed by atoms with Crippen LogP contribution in [0.25, 0.3) is 0 Å². The van der Waals surface area contributed by atoms with E-state index in [1.165, 1.54) is 16.0 Å². The summed E-state index contributed by atoms with van der Waals surface area (Å²) in [6.45, 7) is 5.80. The Morgan fingerprint density at radius 3 is 2.73 bits per heavy atom. The summed E-state index contributed by atoms with van der Waals surface area (Å²) in [5.74, 6) is 1.07. The summed E-state index contributed by atoms with van der Waals surface area (Å²) < 4.78 is 0. The van der Waals surface area contributed by atoms with Gasteiger partial charge in [-0.1, -0.05) is 30.3 Å². The van der Waals surface area contributed by atoms with Crippen molar-refractivity contribution in [3.63, 3.8) is 0 Å². The molecule has 1 amide bonds. The lowest BCUT2D eigenvalue weighted by Crippen LogP contribution is -2.36. The second kappa shape index (κ2) is 9.38. The summed E-state index contributed by atoms with van der Waals surface area (Å²) in [6.07, 6.45) is 1.65. The molecular weight excluding hydrogens is 344 g/mol. The van der Waals surface area contributed by atoms with E-state index in [0.29, 0.717) is 19.5 Å². The largest absolute Gasteiger partial charge is 0.357 e. The summed E-state index contributed by atoms with van der Waals surface area (Å²) in [5, 5.41) is 8.75. The minimum absolute atomic E-state index is 0.259. The Morgan fingerprint density at radius 1 is 1.19 bits per heavy atom. The van der Waals surface area contributed by atoms with Crippen LogP contribution in [-0.4, -0.2) is 29.9 Å². The molecule has 0 saturated carbocycles. The third-order valence-corrected chi connectivity index (χ3v) is 5.29. The van der Waals surface area contributed by atoms with Crippen molar-refractivity contribution in [3.05, 3.63) is 57.8 Å². The van der Waals surface area contributed by atoms with Crippen LogP contribution in [0.15, 0.2) is 46.8 Å². The number of nitrogens with one attached hydrogen (secondary N) is 2. The van der Waals surface area contributed by atoms with Crippen LogP contribution >= 0.6 is 11.3 Å². The highest BCUT2D eigenvalue weighted by Gasteiger charge is 2.20. The van der Waals surface area contributed by atoms with Crippen LogP contribution in [-0.2, 0) is 24.4 Å². The molecule has 1 aromatic heterocycles. The molecule has 1 saturated heterocycles. The van der Waals surface area contributed by atoms with Crippen molar-refractivity contribution < 1.29 is 4.79 Å². The lowest BCUT2D eigenvalue weighted by atomic mass is 10.1. The molecule has 1 fully saturated rings. The molecule has 0 aliphatic carbocycles. The van der Waals surface area contributed by atoms with Gasteiger partial charge in [-0.15, -0.1) is 11.3 Å². The Bertz CT molecular complexity index is 742. The lowest BCUT2D eigenvalue weighted by Gasteiger charge is -2.18. The van der Waals surface area contributed by atoms with Gasteiger partial charge >= 0.3 is 0 Å². The number of carbonyl (C=O) groups excluding carboxylic acids is 1. The first kappa shape index (κ1) is 18.5. The number of carbonyl (C=O) groups is 1. The Balaban J connectivity index is 1.65. The number of hydrogen-bond donors (Lipinski definition) is 2. The minimum atomic E-state index is 0.259. The van der Waals surface area contributed by atoms with Gasteiger partial charge in [0.2, 0.25) is 5.91 Å². The number of thiophene rings is 1. The molecule has 26 heavy (non-hydrogen) atoms. The average Bonchev–Trinajstić information content (AvgIpc) is 3.31. The normalized spacial score (nSPS) is 14.7. The molecule has 2 N–H and O–H groups in total. The maximum Gasteiger partial charge on any atom is 0.222 e. The molecule has 1 aliphatic heterocycles. The van der Waals surface area contributed by atoms with Crippen molar-refractivity contribution in [2.45, 2.75) is 39.4 Å². The van der Waals surface area contributed by atoms with Crippen LogP contribution in [0.2, 0.25) is 0 Å². The van der Waals surface area contributed by atoms with Crippen molar-refractivity contribution in [2.75, 3.05) is 13.1 Å². The van der Waals surface area contributed by atoms with Crippen molar-refractivity contribution in [1.82, 2.24) is 15.5 Å². The molecule has 6 heteroatoms. The number of guanidine groups is 1. The summed E-state index contributed by atoms with van der Waals surface area (Å²) in [4.78, 5) is 19.9. The zero-order chi connectivity index (χ0) is 18.2. The fourth-order valence-corrected chi connectivity index (χ4v) is 3.68. The van der Waals surface area contributed by atoms with Gasteiger partial charge in [0, 0.05) is 30.9 Å². The second-order valence-corrected chi connectivity index (χ2v) is 7.35. The minimum Gasteiger partial charge on any atom is -0.357 e. The Hall–Kier alpha value is -2.34. The van der Waals surface area contributed by atoms with Gasteiger partial charge < -0.3 is 15.5 Å². The van der Waals surface area contributed by atoms with E-state index in [-0.39, 0.29) is 5.91 Å². The van der Waals surface area contributed by atoms with Gasteiger partial charge in [-0.3, -0.25) is 4.79 Å². The molecule has 0 bridgehead atoms. The van der Waals surface area contributed by atoms with E-state index < -0.39 is 0 Å². The van der Waals surface area contributed by atoms with Gasteiger partial charge in [-0.25, -0.2) is 4.99 Å². The molecule has 138 valence electrons. The van der Waals surface area contributed by atoms with Crippen LogP contribution in [0.1, 0.15) is 35.8 Å². The van der Waals surface area contributed by atoms with Crippen LogP contribution in [0.5, 0.6) is 0 Å². The summed E-state index contributed by atoms with van der Waals surface area (Å²) in [7, 11) is 0. The first-order valence-electron chi connectivity index (χ1n) is 9.15.